The van der Waals surface area contributed by atoms with Crippen LogP contribution < -0.4 is 10.5 Å². The zero-order chi connectivity index (χ0) is 14.3. The van der Waals surface area contributed by atoms with Crippen molar-refractivity contribution in [3.8, 4) is 17.0 Å². The topological polar surface area (TPSA) is 48.1 Å². The Balaban J connectivity index is 1.83. The number of nitrogen functional groups attached to an aromatic ring is 1. The Labute approximate surface area is 117 Å². The van der Waals surface area contributed by atoms with E-state index in [1.807, 2.05) is 0 Å². The number of rotatable bonds is 3. The molecule has 2 N–H and O–H groups in total. The van der Waals surface area contributed by atoms with E-state index < -0.39 is 6.36 Å². The summed E-state index contributed by atoms with van der Waals surface area (Å²) in [6.07, 6.45) is -2.42. The smallest absolute Gasteiger partial charge is 0.406 e. The molecule has 0 atom stereocenters. The first-order chi connectivity index (χ1) is 9.42. The highest BCUT2D eigenvalue weighted by molar-refractivity contribution is 7.16. The fourth-order valence-corrected chi connectivity index (χ4v) is 2.90. The first-order valence-corrected chi connectivity index (χ1v) is 6.86. The number of nitrogens with zero attached hydrogens (tertiary/aromatic N) is 1. The largest absolute Gasteiger partial charge is 0.573 e. The highest BCUT2D eigenvalue weighted by Crippen LogP contribution is 2.45. The number of hydrogen-bond donors (Lipinski definition) is 1. The fourth-order valence-electron chi connectivity index (χ4n) is 1.88. The summed E-state index contributed by atoms with van der Waals surface area (Å²) in [5.74, 6) is 0.251. The van der Waals surface area contributed by atoms with Crippen LogP contribution >= 0.6 is 11.3 Å². The van der Waals surface area contributed by atoms with Crippen LogP contribution in [0.25, 0.3) is 11.3 Å². The molecule has 0 spiro atoms. The van der Waals surface area contributed by atoms with Crippen molar-refractivity contribution >= 4 is 16.3 Å². The molecule has 0 bridgehead atoms. The minimum Gasteiger partial charge on any atom is -0.406 e. The summed E-state index contributed by atoms with van der Waals surface area (Å²) in [7, 11) is 0. The quantitative estimate of drug-likeness (QED) is 0.925. The lowest BCUT2D eigenvalue weighted by atomic mass is 10.1. The Bertz CT molecular complexity index is 618. The van der Waals surface area contributed by atoms with E-state index in [-0.39, 0.29) is 5.75 Å². The minimum absolute atomic E-state index is 0.252. The number of ether oxygens (including phenoxy) is 1. The van der Waals surface area contributed by atoms with E-state index in [9.17, 15) is 13.2 Å². The molecule has 20 heavy (non-hydrogen) atoms. The number of nitrogens with two attached hydrogens (primary N) is 1. The number of alkyl halides is 3. The molecule has 1 heterocycles. The standard InChI is InChI=1S/C13H11F3N2OS/c14-13(15,16)19-9-5-3-7(4-6-9)10-11(17)20-12(18-10)8-1-2-8/h3-6,8H,1-2,17H2. The molecule has 0 aliphatic heterocycles. The Hall–Kier alpha value is -1.76. The van der Waals surface area contributed by atoms with Crippen LogP contribution in [0.5, 0.6) is 5.75 Å². The first kappa shape index (κ1) is 13.2. The molecular formula is C13H11F3N2OS. The summed E-state index contributed by atoms with van der Waals surface area (Å²) in [5.41, 5.74) is 7.25. The van der Waals surface area contributed by atoms with Crippen molar-refractivity contribution in [3.63, 3.8) is 0 Å². The summed E-state index contributed by atoms with van der Waals surface area (Å²) >= 11 is 1.45. The van der Waals surface area contributed by atoms with Crippen LogP contribution in [0.1, 0.15) is 23.8 Å². The molecule has 1 fully saturated rings. The van der Waals surface area contributed by atoms with Gasteiger partial charge in [-0.25, -0.2) is 4.98 Å². The third kappa shape index (κ3) is 2.87. The molecule has 106 valence electrons. The van der Waals surface area contributed by atoms with Crippen molar-refractivity contribution in [2.24, 2.45) is 0 Å². The summed E-state index contributed by atoms with van der Waals surface area (Å²) in [6, 6.07) is 5.59. The van der Waals surface area contributed by atoms with E-state index in [1.165, 1.54) is 35.6 Å². The van der Waals surface area contributed by atoms with E-state index in [0.717, 1.165) is 17.8 Å². The van der Waals surface area contributed by atoms with E-state index in [2.05, 4.69) is 9.72 Å². The van der Waals surface area contributed by atoms with Gasteiger partial charge in [0.2, 0.25) is 0 Å². The number of anilines is 1. The number of hydrogen-bond acceptors (Lipinski definition) is 4. The summed E-state index contributed by atoms with van der Waals surface area (Å²) in [4.78, 5) is 4.48. The molecular weight excluding hydrogens is 289 g/mol. The fraction of sp³-hybridized carbons (Fsp3) is 0.308. The lowest BCUT2D eigenvalue weighted by molar-refractivity contribution is -0.274. The van der Waals surface area contributed by atoms with Crippen LogP contribution in [0.4, 0.5) is 18.2 Å². The predicted molar refractivity (Wildman–Crippen MR) is 70.6 cm³/mol. The van der Waals surface area contributed by atoms with Gasteiger partial charge in [-0.3, -0.25) is 0 Å². The Morgan fingerprint density at radius 3 is 2.40 bits per heavy atom. The van der Waals surface area contributed by atoms with Gasteiger partial charge < -0.3 is 10.5 Å². The highest BCUT2D eigenvalue weighted by atomic mass is 32.1. The predicted octanol–water partition coefficient (Wildman–Crippen LogP) is 4.17. The van der Waals surface area contributed by atoms with Gasteiger partial charge in [0.25, 0.3) is 0 Å². The molecule has 7 heteroatoms. The molecule has 1 aliphatic rings. The second-order valence-corrected chi connectivity index (χ2v) is 5.67. The molecule has 3 nitrogen and oxygen atoms in total. The van der Waals surface area contributed by atoms with Crippen LogP contribution in [0.2, 0.25) is 0 Å². The first-order valence-electron chi connectivity index (χ1n) is 6.05. The molecule has 1 aromatic carbocycles. The van der Waals surface area contributed by atoms with Gasteiger partial charge in [-0.05, 0) is 37.1 Å². The molecule has 2 aromatic rings. The van der Waals surface area contributed by atoms with Crippen molar-refractivity contribution in [2.45, 2.75) is 25.1 Å². The number of thiazole rings is 1. The second-order valence-electron chi connectivity index (χ2n) is 4.61. The van der Waals surface area contributed by atoms with Crippen LogP contribution in [0.3, 0.4) is 0 Å². The molecule has 0 radical (unpaired) electrons. The third-order valence-electron chi connectivity index (χ3n) is 2.96. The summed E-state index contributed by atoms with van der Waals surface area (Å²) < 4.78 is 40.1. The van der Waals surface area contributed by atoms with Gasteiger partial charge in [-0.15, -0.1) is 24.5 Å². The zero-order valence-corrected chi connectivity index (χ0v) is 11.1. The Morgan fingerprint density at radius 1 is 1.20 bits per heavy atom. The number of aromatic nitrogens is 1. The molecule has 0 amide bonds. The van der Waals surface area contributed by atoms with Crippen LogP contribution in [0, 0.1) is 0 Å². The van der Waals surface area contributed by atoms with Crippen molar-refractivity contribution in [1.82, 2.24) is 4.98 Å². The third-order valence-corrected chi connectivity index (χ3v) is 4.00. The molecule has 1 saturated carbocycles. The van der Waals surface area contributed by atoms with Gasteiger partial charge in [0.05, 0.1) is 5.01 Å². The van der Waals surface area contributed by atoms with Gasteiger partial charge in [-0.1, -0.05) is 0 Å². The van der Waals surface area contributed by atoms with Crippen molar-refractivity contribution in [1.29, 1.82) is 0 Å². The minimum atomic E-state index is -4.68. The van der Waals surface area contributed by atoms with Gasteiger partial charge in [-0.2, -0.15) is 0 Å². The molecule has 0 unspecified atom stereocenters. The van der Waals surface area contributed by atoms with Crippen molar-refractivity contribution in [2.75, 3.05) is 5.73 Å². The van der Waals surface area contributed by atoms with Gasteiger partial charge in [0.1, 0.15) is 16.4 Å². The SMILES string of the molecule is Nc1sc(C2CC2)nc1-c1ccc(OC(F)(F)F)cc1. The summed E-state index contributed by atoms with van der Waals surface area (Å²) in [5, 5.41) is 1.60. The molecule has 1 aliphatic carbocycles. The van der Waals surface area contributed by atoms with Gasteiger partial charge in [0.15, 0.2) is 0 Å². The lowest BCUT2D eigenvalue weighted by Crippen LogP contribution is -2.16. The second kappa shape index (κ2) is 4.66. The average molecular weight is 300 g/mol. The normalized spacial score (nSPS) is 15.3. The van der Waals surface area contributed by atoms with E-state index in [1.54, 1.807) is 0 Å². The van der Waals surface area contributed by atoms with E-state index in [4.69, 9.17) is 5.73 Å². The van der Waals surface area contributed by atoms with Crippen LogP contribution in [-0.2, 0) is 0 Å². The molecule has 1 aromatic heterocycles. The maximum absolute atomic E-state index is 12.1. The van der Waals surface area contributed by atoms with Gasteiger partial charge >= 0.3 is 6.36 Å². The summed E-state index contributed by atoms with van der Waals surface area (Å²) in [6.45, 7) is 0. The monoisotopic (exact) mass is 300 g/mol. The molecule has 3 rings (SSSR count). The van der Waals surface area contributed by atoms with E-state index in [0.29, 0.717) is 22.2 Å². The molecule has 0 saturated heterocycles. The number of halogens is 3. The Kier molecular flexibility index (Phi) is 3.08. The van der Waals surface area contributed by atoms with Crippen molar-refractivity contribution < 1.29 is 17.9 Å². The lowest BCUT2D eigenvalue weighted by Gasteiger charge is -2.08. The number of benzene rings is 1. The van der Waals surface area contributed by atoms with Gasteiger partial charge in [0, 0.05) is 11.5 Å². The zero-order valence-electron chi connectivity index (χ0n) is 10.3. The van der Waals surface area contributed by atoms with Crippen LogP contribution in [0.15, 0.2) is 24.3 Å². The maximum atomic E-state index is 12.1. The van der Waals surface area contributed by atoms with Crippen LogP contribution in [-0.4, -0.2) is 11.3 Å². The Morgan fingerprint density at radius 2 is 1.85 bits per heavy atom. The highest BCUT2D eigenvalue weighted by Gasteiger charge is 2.31. The van der Waals surface area contributed by atoms with Crippen molar-refractivity contribution in [3.05, 3.63) is 29.3 Å². The van der Waals surface area contributed by atoms with E-state index >= 15 is 0 Å². The maximum Gasteiger partial charge on any atom is 0.573 e. The average Bonchev–Trinajstić information content (AvgIpc) is 3.12.